The van der Waals surface area contributed by atoms with Crippen molar-refractivity contribution < 1.29 is 0 Å². The molecule has 7 aromatic carbocycles. The molecule has 0 aliphatic carbocycles. The number of rotatable bonds is 7. The van der Waals surface area contributed by atoms with Gasteiger partial charge in [0.2, 0.25) is 0 Å². The Kier molecular flexibility index (Phi) is 8.67. The molecule has 0 spiro atoms. The summed E-state index contributed by atoms with van der Waals surface area (Å²) in [5, 5.41) is 2.64. The molecule has 3 nitrogen and oxygen atoms in total. The second-order valence-electron chi connectivity index (χ2n) is 17.8. The number of fused-ring (bicyclic) bond motifs is 7. The van der Waals surface area contributed by atoms with Gasteiger partial charge in [-0.1, -0.05) is 122 Å². The average molecular weight is 754 g/mol. The topological polar surface area (TPSA) is 11.4 Å². The summed E-state index contributed by atoms with van der Waals surface area (Å²) in [5.74, 6) is 1.84. The number of para-hydroxylation sites is 1. The average Bonchev–Trinajstić information content (AvgIpc) is 3.56. The zero-order valence-corrected chi connectivity index (χ0v) is 35.1. The largest absolute Gasteiger partial charge is 0.311 e. The summed E-state index contributed by atoms with van der Waals surface area (Å²) in [6, 6.07) is 55.9. The second-order valence-corrected chi connectivity index (χ2v) is 17.8. The lowest BCUT2D eigenvalue weighted by atomic mass is 9.33. The Hall–Kier alpha value is -6.00. The molecule has 1 aromatic heterocycles. The lowest BCUT2D eigenvalue weighted by Crippen LogP contribution is -2.61. The van der Waals surface area contributed by atoms with E-state index in [9.17, 15) is 0 Å². The van der Waals surface area contributed by atoms with Crippen LogP contribution < -0.4 is 26.2 Å². The number of nitrogens with zero attached hydrogens (tertiary/aromatic N) is 3. The number of anilines is 6. The van der Waals surface area contributed by atoms with E-state index in [-0.39, 0.29) is 6.71 Å². The molecule has 10 rings (SSSR count). The molecule has 0 saturated carbocycles. The Morgan fingerprint density at radius 2 is 0.793 bits per heavy atom. The third kappa shape index (κ3) is 5.63. The lowest BCUT2D eigenvalue weighted by molar-refractivity contribution is 0.866. The van der Waals surface area contributed by atoms with Crippen LogP contribution in [0.3, 0.4) is 0 Å². The number of benzene rings is 7. The molecule has 4 heteroatoms. The van der Waals surface area contributed by atoms with E-state index in [4.69, 9.17) is 0 Å². The summed E-state index contributed by atoms with van der Waals surface area (Å²) < 4.78 is 2.50. The molecule has 0 fully saturated rings. The first-order valence-corrected chi connectivity index (χ1v) is 21.3. The molecule has 0 bridgehead atoms. The SMILES string of the molecule is CC(C)c1ccc(N2c3ccccc3B3c4ccc(-n5c6ccc(C(C)C)cc6c6cc(C(C)C)ccc65)cc4N(c4ccc(C(C)C)cc4)c4cccc2c43)cc1. The smallest absolute Gasteiger partial charge is 0.252 e. The van der Waals surface area contributed by atoms with Crippen molar-refractivity contribution in [3.8, 4) is 5.69 Å². The van der Waals surface area contributed by atoms with E-state index in [1.54, 1.807) is 0 Å². The molecule has 2 aliphatic heterocycles. The summed E-state index contributed by atoms with van der Waals surface area (Å²) in [4.78, 5) is 5.02. The Morgan fingerprint density at radius 1 is 0.362 bits per heavy atom. The zero-order valence-electron chi connectivity index (χ0n) is 35.1. The maximum absolute atomic E-state index is 2.54. The van der Waals surface area contributed by atoms with Crippen molar-refractivity contribution in [3.63, 3.8) is 0 Å². The molecule has 0 unspecified atom stereocenters. The first-order valence-electron chi connectivity index (χ1n) is 21.3. The van der Waals surface area contributed by atoms with Gasteiger partial charge in [0.25, 0.3) is 6.71 Å². The molecule has 0 radical (unpaired) electrons. The molecular weight excluding hydrogens is 701 g/mol. The highest BCUT2D eigenvalue weighted by Crippen LogP contribution is 2.45. The molecule has 3 heterocycles. The summed E-state index contributed by atoms with van der Waals surface area (Å²) in [5.41, 5.74) is 20.4. The molecule has 286 valence electrons. The molecule has 0 N–H and O–H groups in total. The predicted octanol–water partition coefficient (Wildman–Crippen LogP) is 13.4. The van der Waals surface area contributed by atoms with Crippen LogP contribution in [-0.4, -0.2) is 11.3 Å². The van der Waals surface area contributed by atoms with Crippen LogP contribution in [0.25, 0.3) is 27.5 Å². The van der Waals surface area contributed by atoms with Crippen LogP contribution in [0.2, 0.25) is 0 Å². The van der Waals surface area contributed by atoms with Gasteiger partial charge >= 0.3 is 0 Å². The quantitative estimate of drug-likeness (QED) is 0.150. The van der Waals surface area contributed by atoms with Gasteiger partial charge < -0.3 is 14.4 Å². The van der Waals surface area contributed by atoms with E-state index in [2.05, 4.69) is 215 Å². The van der Waals surface area contributed by atoms with E-state index in [1.807, 2.05) is 0 Å². The van der Waals surface area contributed by atoms with Crippen LogP contribution in [0.1, 0.15) is 101 Å². The van der Waals surface area contributed by atoms with Gasteiger partial charge in [-0.3, -0.25) is 0 Å². The first-order chi connectivity index (χ1) is 28.1. The lowest BCUT2D eigenvalue weighted by Gasteiger charge is -2.44. The highest BCUT2D eigenvalue weighted by molar-refractivity contribution is 7.00. The first kappa shape index (κ1) is 36.4. The number of hydrogen-bond acceptors (Lipinski definition) is 2. The summed E-state index contributed by atoms with van der Waals surface area (Å²) in [6.07, 6.45) is 0. The summed E-state index contributed by atoms with van der Waals surface area (Å²) >= 11 is 0. The van der Waals surface area contributed by atoms with E-state index in [0.717, 1.165) is 0 Å². The maximum Gasteiger partial charge on any atom is 0.252 e. The Bertz CT molecular complexity index is 2790. The van der Waals surface area contributed by atoms with Crippen LogP contribution in [0, 0.1) is 0 Å². The van der Waals surface area contributed by atoms with Crippen LogP contribution in [-0.2, 0) is 0 Å². The fourth-order valence-corrected chi connectivity index (χ4v) is 9.64. The van der Waals surface area contributed by atoms with Gasteiger partial charge in [-0.15, -0.1) is 0 Å². The maximum atomic E-state index is 2.54. The van der Waals surface area contributed by atoms with Crippen LogP contribution in [0.4, 0.5) is 34.1 Å². The zero-order chi connectivity index (χ0) is 40.0. The van der Waals surface area contributed by atoms with Crippen molar-refractivity contribution in [2.24, 2.45) is 0 Å². The molecule has 8 aromatic rings. The number of hydrogen-bond donors (Lipinski definition) is 0. The van der Waals surface area contributed by atoms with Crippen molar-refractivity contribution in [2.45, 2.75) is 79.1 Å². The van der Waals surface area contributed by atoms with E-state index < -0.39 is 0 Å². The minimum atomic E-state index is 0.0733. The standard InChI is InChI=1S/C54H52BN3/c1-33(2)37-16-22-41(23-17-37)56-50-13-10-9-12-46(50)55-47-27-26-43(58-48-28-20-39(35(5)6)30-44(48)45-31-40(36(7)8)21-29-49(45)58)32-53(47)57(52-15-11-14-51(56)54(52)55)42-24-18-38(19-25-42)34(3)4/h9-36H,1-8H3. The minimum absolute atomic E-state index is 0.0733. The molecular formula is C54H52BN3. The van der Waals surface area contributed by atoms with Crippen molar-refractivity contribution in [3.05, 3.63) is 168 Å². The fourth-order valence-electron chi connectivity index (χ4n) is 9.64. The molecule has 2 aliphatic rings. The third-order valence-electron chi connectivity index (χ3n) is 12.9. The normalized spacial score (nSPS) is 13.3. The fraction of sp³-hybridized carbons (Fsp3) is 0.222. The summed E-state index contributed by atoms with van der Waals surface area (Å²) in [7, 11) is 0. The Balaban J connectivity index is 1.23. The molecule has 0 atom stereocenters. The van der Waals surface area contributed by atoms with Gasteiger partial charge in [0.05, 0.1) is 11.0 Å². The molecule has 58 heavy (non-hydrogen) atoms. The van der Waals surface area contributed by atoms with Gasteiger partial charge in [-0.2, -0.15) is 0 Å². The van der Waals surface area contributed by atoms with Crippen LogP contribution in [0.5, 0.6) is 0 Å². The van der Waals surface area contributed by atoms with Gasteiger partial charge in [0.15, 0.2) is 0 Å². The Labute approximate surface area is 344 Å². The van der Waals surface area contributed by atoms with Crippen LogP contribution in [0.15, 0.2) is 146 Å². The monoisotopic (exact) mass is 753 g/mol. The van der Waals surface area contributed by atoms with E-state index >= 15 is 0 Å². The van der Waals surface area contributed by atoms with E-state index in [0.29, 0.717) is 23.7 Å². The van der Waals surface area contributed by atoms with Gasteiger partial charge in [0.1, 0.15) is 0 Å². The predicted molar refractivity (Wildman–Crippen MR) is 251 cm³/mol. The van der Waals surface area contributed by atoms with Crippen molar-refractivity contribution >= 4 is 79.0 Å². The van der Waals surface area contributed by atoms with Gasteiger partial charge in [0, 0.05) is 50.6 Å². The van der Waals surface area contributed by atoms with Gasteiger partial charge in [-0.05, 0) is 141 Å². The molecule has 0 saturated heterocycles. The Morgan fingerprint density at radius 3 is 1.31 bits per heavy atom. The second kappa shape index (κ2) is 13.8. The number of aromatic nitrogens is 1. The highest BCUT2D eigenvalue weighted by atomic mass is 15.2. The van der Waals surface area contributed by atoms with Crippen molar-refractivity contribution in [1.82, 2.24) is 4.57 Å². The van der Waals surface area contributed by atoms with Crippen LogP contribution >= 0.6 is 0 Å². The minimum Gasteiger partial charge on any atom is -0.311 e. The van der Waals surface area contributed by atoms with E-state index in [1.165, 1.54) is 100 Å². The third-order valence-corrected chi connectivity index (χ3v) is 12.9. The molecule has 0 amide bonds. The summed E-state index contributed by atoms with van der Waals surface area (Å²) in [6.45, 7) is 18.3. The van der Waals surface area contributed by atoms with Crippen molar-refractivity contribution in [2.75, 3.05) is 9.80 Å². The van der Waals surface area contributed by atoms with Crippen molar-refractivity contribution in [1.29, 1.82) is 0 Å². The van der Waals surface area contributed by atoms with Gasteiger partial charge in [-0.25, -0.2) is 0 Å². The highest BCUT2D eigenvalue weighted by Gasteiger charge is 2.43.